The van der Waals surface area contributed by atoms with Crippen LogP contribution >= 0.6 is 0 Å². The average molecular weight is 224 g/mol. The highest BCUT2D eigenvalue weighted by molar-refractivity contribution is 5.61. The Kier molecular flexibility index (Phi) is 3.17. The number of aliphatic hydroxyl groups excluding tert-OH is 1. The molecule has 0 spiro atoms. The van der Waals surface area contributed by atoms with Crippen molar-refractivity contribution < 1.29 is 5.11 Å². The summed E-state index contributed by atoms with van der Waals surface area (Å²) < 4.78 is 0. The molecule has 0 radical (unpaired) electrons. The minimum atomic E-state index is -0.849. The van der Waals surface area contributed by atoms with Gasteiger partial charge in [-0.15, -0.1) is 6.42 Å². The standard InChI is InChI=1S/C14H12N2O/c1-3-14(17)12-6-4-11(5-7-12)13-8-15-10(2)16-9-13/h1,4-9,14,17H,2H3. The van der Waals surface area contributed by atoms with Gasteiger partial charge in [0.15, 0.2) is 0 Å². The molecule has 17 heavy (non-hydrogen) atoms. The van der Waals surface area contributed by atoms with E-state index in [9.17, 15) is 5.11 Å². The van der Waals surface area contributed by atoms with E-state index >= 15 is 0 Å². The molecule has 1 atom stereocenters. The molecule has 0 bridgehead atoms. The van der Waals surface area contributed by atoms with Crippen molar-refractivity contribution in [2.24, 2.45) is 0 Å². The maximum Gasteiger partial charge on any atom is 0.139 e. The van der Waals surface area contributed by atoms with Crippen LogP contribution in [0.25, 0.3) is 11.1 Å². The first-order valence-electron chi connectivity index (χ1n) is 5.24. The zero-order valence-electron chi connectivity index (χ0n) is 9.46. The molecule has 3 heteroatoms. The van der Waals surface area contributed by atoms with Crippen molar-refractivity contribution in [3.63, 3.8) is 0 Å². The van der Waals surface area contributed by atoms with Gasteiger partial charge in [-0.1, -0.05) is 30.2 Å². The summed E-state index contributed by atoms with van der Waals surface area (Å²) in [4.78, 5) is 8.27. The van der Waals surface area contributed by atoms with E-state index in [4.69, 9.17) is 6.42 Å². The molecular formula is C14H12N2O. The molecule has 1 aromatic carbocycles. The van der Waals surface area contributed by atoms with Crippen LogP contribution in [0.15, 0.2) is 36.7 Å². The Balaban J connectivity index is 2.30. The summed E-state index contributed by atoms with van der Waals surface area (Å²) in [6.07, 6.45) is 7.85. The number of rotatable bonds is 2. The van der Waals surface area contributed by atoms with Gasteiger partial charge >= 0.3 is 0 Å². The Morgan fingerprint density at radius 3 is 2.24 bits per heavy atom. The monoisotopic (exact) mass is 224 g/mol. The van der Waals surface area contributed by atoms with Gasteiger partial charge in [0.2, 0.25) is 0 Å². The number of benzene rings is 1. The lowest BCUT2D eigenvalue weighted by Crippen LogP contribution is -1.93. The maximum absolute atomic E-state index is 9.47. The van der Waals surface area contributed by atoms with Crippen molar-refractivity contribution in [2.45, 2.75) is 13.0 Å². The van der Waals surface area contributed by atoms with Crippen molar-refractivity contribution in [2.75, 3.05) is 0 Å². The Morgan fingerprint density at radius 1 is 1.12 bits per heavy atom. The predicted molar refractivity (Wildman–Crippen MR) is 66.0 cm³/mol. The molecule has 0 amide bonds. The third kappa shape index (κ3) is 2.49. The van der Waals surface area contributed by atoms with Crippen molar-refractivity contribution in [3.05, 3.63) is 48.0 Å². The second-order valence-corrected chi connectivity index (χ2v) is 3.71. The van der Waals surface area contributed by atoms with Gasteiger partial charge in [0.1, 0.15) is 11.9 Å². The molecule has 3 nitrogen and oxygen atoms in total. The van der Waals surface area contributed by atoms with Gasteiger partial charge in [-0.25, -0.2) is 9.97 Å². The maximum atomic E-state index is 9.47. The summed E-state index contributed by atoms with van der Waals surface area (Å²) >= 11 is 0. The highest BCUT2D eigenvalue weighted by Crippen LogP contribution is 2.20. The molecule has 0 saturated heterocycles. The van der Waals surface area contributed by atoms with Crippen LogP contribution in [-0.4, -0.2) is 15.1 Å². The van der Waals surface area contributed by atoms with Crippen LogP contribution in [-0.2, 0) is 0 Å². The Labute approximate surface area is 100 Å². The minimum absolute atomic E-state index is 0.712. The number of hydrogen-bond donors (Lipinski definition) is 1. The largest absolute Gasteiger partial charge is 0.376 e. The molecule has 0 saturated carbocycles. The summed E-state index contributed by atoms with van der Waals surface area (Å²) in [7, 11) is 0. The Morgan fingerprint density at radius 2 is 1.71 bits per heavy atom. The number of hydrogen-bond acceptors (Lipinski definition) is 3. The zero-order chi connectivity index (χ0) is 12.3. The van der Waals surface area contributed by atoms with E-state index in [1.54, 1.807) is 24.5 Å². The quantitative estimate of drug-likeness (QED) is 0.795. The molecule has 0 aliphatic rings. The number of aromatic nitrogens is 2. The topological polar surface area (TPSA) is 46.0 Å². The molecular weight excluding hydrogens is 212 g/mol. The Bertz CT molecular complexity index is 538. The van der Waals surface area contributed by atoms with Gasteiger partial charge in [-0.2, -0.15) is 0 Å². The number of aliphatic hydroxyl groups is 1. The zero-order valence-corrected chi connectivity index (χ0v) is 9.46. The predicted octanol–water partition coefficient (Wildman–Crippen LogP) is 2.12. The van der Waals surface area contributed by atoms with Crippen LogP contribution in [0, 0.1) is 19.3 Å². The number of nitrogens with zero attached hydrogens (tertiary/aromatic N) is 2. The molecule has 1 N–H and O–H groups in total. The second kappa shape index (κ2) is 4.77. The summed E-state index contributed by atoms with van der Waals surface area (Å²) in [6, 6.07) is 7.40. The van der Waals surface area contributed by atoms with Crippen LogP contribution in [0.4, 0.5) is 0 Å². The van der Waals surface area contributed by atoms with Gasteiger partial charge < -0.3 is 5.11 Å². The van der Waals surface area contributed by atoms with E-state index in [0.29, 0.717) is 5.56 Å². The molecule has 2 rings (SSSR count). The van der Waals surface area contributed by atoms with E-state index in [2.05, 4.69) is 15.9 Å². The molecule has 1 heterocycles. The highest BCUT2D eigenvalue weighted by Gasteiger charge is 2.04. The van der Waals surface area contributed by atoms with Gasteiger partial charge in [0.05, 0.1) is 0 Å². The molecule has 0 aliphatic carbocycles. The molecule has 2 aromatic rings. The highest BCUT2D eigenvalue weighted by atomic mass is 16.3. The van der Waals surface area contributed by atoms with Crippen LogP contribution < -0.4 is 0 Å². The molecule has 84 valence electrons. The molecule has 1 aromatic heterocycles. The summed E-state index contributed by atoms with van der Waals surface area (Å²) in [5, 5.41) is 9.47. The van der Waals surface area contributed by atoms with Crippen molar-refractivity contribution in [1.29, 1.82) is 0 Å². The van der Waals surface area contributed by atoms with Gasteiger partial charge in [0, 0.05) is 18.0 Å². The second-order valence-electron chi connectivity index (χ2n) is 3.71. The first kappa shape index (κ1) is 11.3. The lowest BCUT2D eigenvalue weighted by Gasteiger charge is -2.05. The molecule has 0 aliphatic heterocycles. The first-order valence-corrected chi connectivity index (χ1v) is 5.24. The Hall–Kier alpha value is -2.18. The van der Waals surface area contributed by atoms with E-state index in [0.717, 1.165) is 17.0 Å². The van der Waals surface area contributed by atoms with E-state index in [1.165, 1.54) is 0 Å². The van der Waals surface area contributed by atoms with Gasteiger partial charge in [-0.05, 0) is 18.1 Å². The summed E-state index contributed by atoms with van der Waals surface area (Å²) in [6.45, 7) is 1.84. The third-order valence-electron chi connectivity index (χ3n) is 2.50. The van der Waals surface area contributed by atoms with Crippen LogP contribution in [0.2, 0.25) is 0 Å². The van der Waals surface area contributed by atoms with Crippen molar-refractivity contribution in [3.8, 4) is 23.5 Å². The number of terminal acetylenes is 1. The smallest absolute Gasteiger partial charge is 0.139 e. The SMILES string of the molecule is C#CC(O)c1ccc(-c2cnc(C)nc2)cc1. The molecule has 1 unspecified atom stereocenters. The minimum Gasteiger partial charge on any atom is -0.376 e. The van der Waals surface area contributed by atoms with E-state index < -0.39 is 6.10 Å². The fourth-order valence-corrected chi connectivity index (χ4v) is 1.50. The fourth-order valence-electron chi connectivity index (χ4n) is 1.50. The fraction of sp³-hybridized carbons (Fsp3) is 0.143. The summed E-state index contributed by atoms with van der Waals surface area (Å²) in [5.74, 6) is 3.02. The first-order chi connectivity index (χ1) is 8.20. The lowest BCUT2D eigenvalue weighted by atomic mass is 10.0. The van der Waals surface area contributed by atoms with Crippen molar-refractivity contribution >= 4 is 0 Å². The van der Waals surface area contributed by atoms with Gasteiger partial charge in [0.25, 0.3) is 0 Å². The normalized spacial score (nSPS) is 11.8. The van der Waals surface area contributed by atoms with Crippen molar-refractivity contribution in [1.82, 2.24) is 9.97 Å². The third-order valence-corrected chi connectivity index (χ3v) is 2.50. The van der Waals surface area contributed by atoms with E-state index in [1.807, 2.05) is 19.1 Å². The van der Waals surface area contributed by atoms with Gasteiger partial charge in [-0.3, -0.25) is 0 Å². The lowest BCUT2D eigenvalue weighted by molar-refractivity contribution is 0.238. The van der Waals surface area contributed by atoms with Crippen LogP contribution in [0.5, 0.6) is 0 Å². The molecule has 0 fully saturated rings. The van der Waals surface area contributed by atoms with Crippen LogP contribution in [0.3, 0.4) is 0 Å². The number of aryl methyl sites for hydroxylation is 1. The van der Waals surface area contributed by atoms with Crippen LogP contribution in [0.1, 0.15) is 17.5 Å². The van der Waals surface area contributed by atoms with E-state index in [-0.39, 0.29) is 0 Å². The average Bonchev–Trinajstić information content (AvgIpc) is 2.39. The summed E-state index contributed by atoms with van der Waals surface area (Å²) in [5.41, 5.74) is 2.65.